The Balaban J connectivity index is 0.838. The molecule has 1 aromatic heterocycles. The van der Waals surface area contributed by atoms with Gasteiger partial charge in [0.25, 0.3) is 0 Å². The van der Waals surface area contributed by atoms with E-state index in [1.165, 1.54) is 105 Å². The normalized spacial score (nSPS) is 12.4. The van der Waals surface area contributed by atoms with Crippen LogP contribution < -0.4 is 4.90 Å². The molecule has 2 nitrogen and oxygen atoms in total. The van der Waals surface area contributed by atoms with Crippen LogP contribution in [0.4, 0.5) is 17.1 Å². The number of anilines is 3. The number of aromatic nitrogens is 1. The summed E-state index contributed by atoms with van der Waals surface area (Å²) >= 11 is 0. The van der Waals surface area contributed by atoms with Gasteiger partial charge in [-0.15, -0.1) is 0 Å². The molecular weight excluding hydrogens is 929 g/mol. The van der Waals surface area contributed by atoms with E-state index in [0.717, 1.165) is 28.2 Å². The lowest BCUT2D eigenvalue weighted by Crippen LogP contribution is -2.17. The zero-order chi connectivity index (χ0) is 51.5. The van der Waals surface area contributed by atoms with Crippen molar-refractivity contribution in [3.05, 3.63) is 302 Å². The van der Waals surface area contributed by atoms with Crippen LogP contribution in [0, 0.1) is 0 Å². The van der Waals surface area contributed by atoms with E-state index in [1.54, 1.807) is 0 Å². The van der Waals surface area contributed by atoms with Crippen molar-refractivity contribution < 1.29 is 0 Å². The average molecular weight is 983 g/mol. The lowest BCUT2D eigenvalue weighted by Gasteiger charge is -2.26. The van der Waals surface area contributed by atoms with Gasteiger partial charge in [-0.3, -0.25) is 0 Å². The van der Waals surface area contributed by atoms with Crippen molar-refractivity contribution in [1.82, 2.24) is 4.57 Å². The summed E-state index contributed by atoms with van der Waals surface area (Å²) in [5.41, 5.74) is 26.5. The second-order valence-electron chi connectivity index (χ2n) is 20.9. The molecule has 13 aromatic rings. The highest BCUT2D eigenvalue weighted by molar-refractivity contribution is 6.16. The summed E-state index contributed by atoms with van der Waals surface area (Å²) in [5.74, 6) is 0. The van der Waals surface area contributed by atoms with Crippen LogP contribution in [0.2, 0.25) is 0 Å². The lowest BCUT2D eigenvalue weighted by molar-refractivity contribution is 0.656. The maximum atomic E-state index is 2.52. The second-order valence-corrected chi connectivity index (χ2v) is 20.9. The molecule has 1 aliphatic carbocycles. The van der Waals surface area contributed by atoms with E-state index in [4.69, 9.17) is 0 Å². The van der Waals surface area contributed by atoms with Gasteiger partial charge < -0.3 is 9.47 Å². The van der Waals surface area contributed by atoms with Crippen LogP contribution in [0.3, 0.4) is 0 Å². The van der Waals surface area contributed by atoms with Crippen molar-refractivity contribution in [1.29, 1.82) is 0 Å². The summed E-state index contributed by atoms with van der Waals surface area (Å²) in [5, 5.41) is 2.51. The molecule has 0 spiro atoms. The number of para-hydroxylation sites is 1. The predicted molar refractivity (Wildman–Crippen MR) is 326 cm³/mol. The maximum Gasteiger partial charge on any atom is 0.0547 e. The third kappa shape index (κ3) is 8.05. The van der Waals surface area contributed by atoms with Crippen LogP contribution in [0.5, 0.6) is 0 Å². The Labute approximate surface area is 451 Å². The number of nitrogens with zero attached hydrogens (tertiary/aromatic N) is 2. The molecule has 0 atom stereocenters. The van der Waals surface area contributed by atoms with Gasteiger partial charge in [-0.05, 0) is 150 Å². The topological polar surface area (TPSA) is 8.17 Å². The van der Waals surface area contributed by atoms with E-state index in [1.807, 2.05) is 0 Å². The molecule has 364 valence electrons. The van der Waals surface area contributed by atoms with E-state index < -0.39 is 0 Å². The molecule has 2 heteroatoms. The summed E-state index contributed by atoms with van der Waals surface area (Å²) < 4.78 is 2.52. The van der Waals surface area contributed by atoms with Crippen LogP contribution >= 0.6 is 0 Å². The minimum atomic E-state index is -0.158. The molecule has 0 saturated carbocycles. The van der Waals surface area contributed by atoms with Crippen molar-refractivity contribution in [2.45, 2.75) is 19.3 Å². The molecular formula is C75H54N2. The number of hydrogen-bond acceptors (Lipinski definition) is 1. The third-order valence-corrected chi connectivity index (χ3v) is 16.0. The Morgan fingerprint density at radius 2 is 0.701 bits per heavy atom. The molecule has 0 amide bonds. The Kier molecular flexibility index (Phi) is 11.2. The second kappa shape index (κ2) is 18.9. The molecule has 77 heavy (non-hydrogen) atoms. The van der Waals surface area contributed by atoms with Crippen molar-refractivity contribution >= 4 is 38.9 Å². The van der Waals surface area contributed by atoms with Gasteiger partial charge in [0.15, 0.2) is 0 Å². The molecule has 0 bridgehead atoms. The van der Waals surface area contributed by atoms with Gasteiger partial charge in [-0.25, -0.2) is 0 Å². The fraction of sp³-hybridized carbons (Fsp3) is 0.0400. The quantitative estimate of drug-likeness (QED) is 0.133. The van der Waals surface area contributed by atoms with E-state index in [2.05, 4.69) is 315 Å². The summed E-state index contributed by atoms with van der Waals surface area (Å²) in [6.45, 7) is 4.76. The molecule has 14 rings (SSSR count). The maximum absolute atomic E-state index is 2.52. The van der Waals surface area contributed by atoms with Gasteiger partial charge in [0, 0.05) is 33.2 Å². The highest BCUT2D eigenvalue weighted by Gasteiger charge is 2.38. The summed E-state index contributed by atoms with van der Waals surface area (Å²) in [6.07, 6.45) is 0. The van der Waals surface area contributed by atoms with E-state index in [-0.39, 0.29) is 5.41 Å². The number of hydrogen-bond donors (Lipinski definition) is 0. The Hall–Kier alpha value is -9.76. The van der Waals surface area contributed by atoms with Gasteiger partial charge in [0.1, 0.15) is 0 Å². The number of fused-ring (bicyclic) bond motifs is 6. The van der Waals surface area contributed by atoms with E-state index >= 15 is 0 Å². The lowest BCUT2D eigenvalue weighted by atomic mass is 9.81. The zero-order valence-corrected chi connectivity index (χ0v) is 43.1. The highest BCUT2D eigenvalue weighted by atomic mass is 15.1. The minimum Gasteiger partial charge on any atom is -0.310 e. The Morgan fingerprint density at radius 1 is 0.286 bits per heavy atom. The zero-order valence-electron chi connectivity index (χ0n) is 43.1. The summed E-state index contributed by atoms with van der Waals surface area (Å²) in [6, 6.07) is 107. The van der Waals surface area contributed by atoms with E-state index in [9.17, 15) is 0 Å². The van der Waals surface area contributed by atoms with Crippen molar-refractivity contribution in [3.63, 3.8) is 0 Å². The van der Waals surface area contributed by atoms with Crippen LogP contribution in [0.15, 0.2) is 291 Å². The fourth-order valence-electron chi connectivity index (χ4n) is 12.2. The molecule has 0 saturated heterocycles. The Morgan fingerprint density at radius 3 is 1.31 bits per heavy atom. The summed E-state index contributed by atoms with van der Waals surface area (Å²) in [4.78, 5) is 2.38. The first-order valence-electron chi connectivity index (χ1n) is 26.7. The van der Waals surface area contributed by atoms with Crippen molar-refractivity contribution in [2.75, 3.05) is 4.90 Å². The van der Waals surface area contributed by atoms with Crippen LogP contribution in [0.1, 0.15) is 25.0 Å². The number of rotatable bonds is 10. The van der Waals surface area contributed by atoms with Gasteiger partial charge in [-0.1, -0.05) is 244 Å². The smallest absolute Gasteiger partial charge is 0.0547 e. The van der Waals surface area contributed by atoms with Crippen molar-refractivity contribution in [2.24, 2.45) is 0 Å². The van der Waals surface area contributed by atoms with Gasteiger partial charge in [-0.2, -0.15) is 0 Å². The van der Waals surface area contributed by atoms with Gasteiger partial charge in [0.05, 0.1) is 16.7 Å². The molecule has 0 N–H and O–H groups in total. The molecule has 0 radical (unpaired) electrons. The average Bonchev–Trinajstić information content (AvgIpc) is 4.03. The first kappa shape index (κ1) is 45.8. The predicted octanol–water partition coefficient (Wildman–Crippen LogP) is 20.6. The largest absolute Gasteiger partial charge is 0.310 e. The highest BCUT2D eigenvalue weighted by Crippen LogP contribution is 2.52. The van der Waals surface area contributed by atoms with E-state index in [0.29, 0.717) is 0 Å². The van der Waals surface area contributed by atoms with Gasteiger partial charge in [0.2, 0.25) is 0 Å². The molecule has 12 aromatic carbocycles. The summed E-state index contributed by atoms with van der Waals surface area (Å²) in [7, 11) is 0. The number of benzene rings is 12. The molecule has 1 aliphatic rings. The first-order valence-corrected chi connectivity index (χ1v) is 26.7. The SMILES string of the molecule is CC1(C)c2ccccc2-c2cccc(-n3c4ccccc4c4c(-c5cccc(-c6cccc(N(c7ccc(-c8ccc(-c9ccccc9)cc8)cc7)c7ccc(-c8ccc(-c9ccccc9)cc8)cc7)c6)c5)cccc43)c21. The third-order valence-electron chi connectivity index (χ3n) is 16.0. The first-order chi connectivity index (χ1) is 37.9. The molecule has 0 unspecified atom stereocenters. The fourth-order valence-corrected chi connectivity index (χ4v) is 12.2. The monoisotopic (exact) mass is 982 g/mol. The molecule has 1 heterocycles. The van der Waals surface area contributed by atoms with Gasteiger partial charge >= 0.3 is 0 Å². The molecule has 0 aliphatic heterocycles. The van der Waals surface area contributed by atoms with Crippen molar-refractivity contribution in [3.8, 4) is 83.6 Å². The van der Waals surface area contributed by atoms with Crippen LogP contribution in [-0.2, 0) is 5.41 Å². The minimum absolute atomic E-state index is 0.158. The Bertz CT molecular complexity index is 4170. The van der Waals surface area contributed by atoms with Crippen LogP contribution in [0.25, 0.3) is 105 Å². The van der Waals surface area contributed by atoms with Crippen LogP contribution in [-0.4, -0.2) is 4.57 Å². The standard InChI is InChI=1S/C75H54N2/c1-75(2)69-29-11-9-25-66(69)67-28-16-32-72(74(67)75)77-70-30-12-10-26-68(70)73-65(27-15-31-71(73)77)61-23-13-21-59(49-61)60-22-14-24-64(50-60)76(62-45-41-57(42-46-62)55-37-33-53(34-38-55)51-17-5-3-6-18-51)63-47-43-58(44-48-63)56-39-35-54(36-40-56)52-19-7-4-8-20-52/h3-50H,1-2H3. The molecule has 0 fully saturated rings.